The maximum atomic E-state index is 13.0. The van der Waals surface area contributed by atoms with Crippen LogP contribution in [0.4, 0.5) is 9.59 Å². The molecular weight excluding hydrogens is 797 g/mol. The Morgan fingerprint density at radius 3 is 2.14 bits per heavy atom. The molecule has 320 valence electrons. The van der Waals surface area contributed by atoms with Gasteiger partial charge >= 0.3 is 36.8 Å². The van der Waals surface area contributed by atoms with Crippen molar-refractivity contribution in [3.8, 4) is 0 Å². The largest absolute Gasteiger partial charge is 0.508 e. The summed E-state index contributed by atoms with van der Waals surface area (Å²) >= 11 is 5.06. The molecule has 1 aromatic rings. The van der Waals surface area contributed by atoms with Gasteiger partial charge in [0.25, 0.3) is 0 Å². The molecule has 20 nitrogen and oxygen atoms in total. The lowest BCUT2D eigenvalue weighted by atomic mass is 9.96. The van der Waals surface area contributed by atoms with Crippen LogP contribution in [0.2, 0.25) is 0 Å². The second kappa shape index (κ2) is 23.5. The van der Waals surface area contributed by atoms with Crippen LogP contribution in [0.1, 0.15) is 52.5 Å². The fourth-order valence-electron chi connectivity index (χ4n) is 6.25. The lowest BCUT2D eigenvalue weighted by Gasteiger charge is -2.44. The Morgan fingerprint density at radius 1 is 0.842 bits per heavy atom. The van der Waals surface area contributed by atoms with Crippen LogP contribution in [0.15, 0.2) is 30.3 Å². The van der Waals surface area contributed by atoms with E-state index in [0.717, 1.165) is 19.4 Å². The van der Waals surface area contributed by atoms with Crippen LogP contribution in [-0.2, 0) is 84.5 Å². The van der Waals surface area contributed by atoms with Crippen molar-refractivity contribution in [2.75, 3.05) is 40.6 Å². The van der Waals surface area contributed by atoms with Crippen LogP contribution in [0.25, 0.3) is 0 Å². The van der Waals surface area contributed by atoms with E-state index in [1.54, 1.807) is 24.3 Å². The van der Waals surface area contributed by atoms with Gasteiger partial charge in [0.05, 0.1) is 6.04 Å². The summed E-state index contributed by atoms with van der Waals surface area (Å²) in [7, 11) is 2.60. The molecule has 1 saturated carbocycles. The summed E-state index contributed by atoms with van der Waals surface area (Å²) in [4.78, 5) is 83.5. The van der Waals surface area contributed by atoms with Gasteiger partial charge in [0.15, 0.2) is 18.5 Å². The quantitative estimate of drug-likeness (QED) is 0.0631. The molecule has 1 saturated heterocycles. The summed E-state index contributed by atoms with van der Waals surface area (Å²) in [6.45, 7) is 0.668. The van der Waals surface area contributed by atoms with Crippen molar-refractivity contribution in [3.63, 3.8) is 0 Å². The van der Waals surface area contributed by atoms with Crippen LogP contribution < -0.4 is 16.0 Å². The number of nitrogens with one attached hydrogen (secondary N) is 3. The molecule has 0 bridgehead atoms. The molecule has 2 fully saturated rings. The molecule has 1 aliphatic carbocycles. The second-order valence-electron chi connectivity index (χ2n) is 13.1. The van der Waals surface area contributed by atoms with Gasteiger partial charge in [-0.05, 0) is 36.6 Å². The van der Waals surface area contributed by atoms with Crippen molar-refractivity contribution in [2.24, 2.45) is 5.92 Å². The molecule has 1 heterocycles. The molecule has 0 radical (unpaired) electrons. The highest BCUT2D eigenvalue weighted by Crippen LogP contribution is 2.48. The second-order valence-corrected chi connectivity index (χ2v) is 16.0. The molecule has 2 aliphatic rings. The summed E-state index contributed by atoms with van der Waals surface area (Å²) in [5.41, 5.74) is 0.768. The van der Waals surface area contributed by atoms with Crippen molar-refractivity contribution in [1.29, 1.82) is 0 Å². The Balaban J connectivity index is 1.56. The van der Waals surface area contributed by atoms with Crippen LogP contribution in [0.3, 0.4) is 0 Å². The molecule has 0 aromatic heterocycles. The van der Waals surface area contributed by atoms with Gasteiger partial charge in [-0.15, -0.1) is 0 Å². The SMILES string of the molecule is CO[C@H]1C(OP(O)(=S)OC)[C@@H](COC(=O)OCc2ccccc2)C[C@@H]1NC(=O)NCCCCO[C@@H]1O[C@H](COC(C)=O)[C@H](OC(C)=O)[C@H](OC(C)=O)[C@H]1NC(C)=O. The van der Waals surface area contributed by atoms with E-state index in [1.807, 2.05) is 6.07 Å². The molecule has 1 aliphatic heterocycles. The molecule has 3 rings (SSSR count). The van der Waals surface area contributed by atoms with Gasteiger partial charge in [-0.2, -0.15) is 0 Å². The van der Waals surface area contributed by atoms with E-state index in [-0.39, 0.29) is 39.4 Å². The fraction of sp³-hybridized carbons (Fsp3) is 0.657. The van der Waals surface area contributed by atoms with Crippen LogP contribution in [-0.4, -0.2) is 130 Å². The fourth-order valence-corrected chi connectivity index (χ4v) is 7.24. The molecule has 4 N–H and O–H groups in total. The zero-order valence-corrected chi connectivity index (χ0v) is 34.3. The molecule has 22 heteroatoms. The van der Waals surface area contributed by atoms with E-state index in [0.29, 0.717) is 12.8 Å². The average Bonchev–Trinajstić information content (AvgIpc) is 3.46. The van der Waals surface area contributed by atoms with Crippen LogP contribution in [0.5, 0.6) is 0 Å². The van der Waals surface area contributed by atoms with Gasteiger partial charge in [-0.1, -0.05) is 30.3 Å². The Morgan fingerprint density at radius 2 is 1.53 bits per heavy atom. The number of urea groups is 1. The van der Waals surface area contributed by atoms with Gasteiger partial charge in [0.2, 0.25) is 5.91 Å². The standard InChI is InChI=1S/C35H52N3O17PS/c1-20(39)37-28-32(53-23(4)42)31(52-22(3)41)27(19-49-21(2)40)54-33(28)48-15-11-10-14-36-34(43)38-26-16-25(29(30(26)46-5)55-56(45,57)47-6)18-51-35(44)50-17-24-12-8-7-9-13-24/h7-9,12-13,25-33H,10-11,14-19H2,1-6H3,(H,37,39)(H,45,57)(H2,36,38,43)/t25-,26+,27-,28-,29?,30-,31+,32-,33-,56?/m1/s1. The van der Waals surface area contributed by atoms with E-state index in [9.17, 15) is 33.7 Å². The summed E-state index contributed by atoms with van der Waals surface area (Å²) in [5.74, 6) is -3.19. The Labute approximate surface area is 335 Å². The summed E-state index contributed by atoms with van der Waals surface area (Å²) in [6, 6.07) is 6.72. The highest BCUT2D eigenvalue weighted by molar-refractivity contribution is 8.07. The third-order valence-corrected chi connectivity index (χ3v) is 10.3. The van der Waals surface area contributed by atoms with E-state index >= 15 is 0 Å². The molecule has 10 atom stereocenters. The first-order chi connectivity index (χ1) is 27.0. The molecule has 0 spiro atoms. The minimum Gasteiger partial charge on any atom is -0.463 e. The molecular formula is C35H52N3O17PS. The average molecular weight is 850 g/mol. The van der Waals surface area contributed by atoms with Gasteiger partial charge in [0, 0.05) is 61.0 Å². The topological polar surface area (TPSA) is 251 Å². The number of esters is 3. The van der Waals surface area contributed by atoms with E-state index in [2.05, 4.69) is 16.0 Å². The molecule has 57 heavy (non-hydrogen) atoms. The van der Waals surface area contributed by atoms with Crippen molar-refractivity contribution in [1.82, 2.24) is 16.0 Å². The Bertz CT molecular complexity index is 1560. The number of ether oxygens (including phenoxy) is 8. The number of unbranched alkanes of at least 4 members (excludes halogenated alkanes) is 1. The predicted molar refractivity (Wildman–Crippen MR) is 199 cm³/mol. The highest BCUT2D eigenvalue weighted by Gasteiger charge is 2.51. The van der Waals surface area contributed by atoms with E-state index in [4.69, 9.17) is 58.7 Å². The highest BCUT2D eigenvalue weighted by atomic mass is 32.5. The number of hydrogen-bond donors (Lipinski definition) is 4. The molecule has 3 amide bonds. The van der Waals surface area contributed by atoms with Crippen molar-refractivity contribution in [3.05, 3.63) is 35.9 Å². The normalized spacial score (nSPS) is 26.5. The molecule has 1 aromatic carbocycles. The molecule has 2 unspecified atom stereocenters. The number of amides is 3. The summed E-state index contributed by atoms with van der Waals surface area (Å²) in [5, 5.41) is 8.21. The lowest BCUT2D eigenvalue weighted by molar-refractivity contribution is -0.277. The number of benzene rings is 1. The summed E-state index contributed by atoms with van der Waals surface area (Å²) in [6.07, 6.45) is -6.48. The van der Waals surface area contributed by atoms with Crippen LogP contribution in [0, 0.1) is 5.92 Å². The van der Waals surface area contributed by atoms with Crippen molar-refractivity contribution in [2.45, 2.75) is 102 Å². The van der Waals surface area contributed by atoms with Crippen molar-refractivity contribution >= 4 is 54.5 Å². The summed E-state index contributed by atoms with van der Waals surface area (Å²) < 4.78 is 54.7. The minimum absolute atomic E-state index is 0.00123. The zero-order chi connectivity index (χ0) is 42.1. The Kier molecular flexibility index (Phi) is 19.5. The maximum absolute atomic E-state index is 13.0. The van der Waals surface area contributed by atoms with Gasteiger partial charge in [0.1, 0.15) is 44.2 Å². The third kappa shape index (κ3) is 16.1. The predicted octanol–water partition coefficient (Wildman–Crippen LogP) is 1.74. The van der Waals surface area contributed by atoms with E-state index in [1.165, 1.54) is 28.1 Å². The number of methoxy groups -OCH3 is 1. The number of carbonyl (C=O) groups is 6. The van der Waals surface area contributed by atoms with Gasteiger partial charge in [-0.3, -0.25) is 19.2 Å². The third-order valence-electron chi connectivity index (χ3n) is 8.64. The first-order valence-electron chi connectivity index (χ1n) is 18.0. The monoisotopic (exact) mass is 849 g/mol. The first-order valence-corrected chi connectivity index (χ1v) is 20.6. The maximum Gasteiger partial charge on any atom is 0.508 e. The van der Waals surface area contributed by atoms with Gasteiger partial charge in [-0.25, -0.2) is 9.59 Å². The van der Waals surface area contributed by atoms with Gasteiger partial charge < -0.3 is 67.8 Å². The minimum atomic E-state index is -3.70. The smallest absolute Gasteiger partial charge is 0.463 e. The first kappa shape index (κ1) is 47.4. The number of hydrogen-bond acceptors (Lipinski definition) is 17. The number of rotatable bonds is 20. The van der Waals surface area contributed by atoms with Crippen molar-refractivity contribution < 1.29 is 80.6 Å². The van der Waals surface area contributed by atoms with E-state index < -0.39 is 97.5 Å². The van der Waals surface area contributed by atoms with Crippen LogP contribution >= 0.6 is 6.72 Å². The Hall–Kier alpha value is -3.95. The zero-order valence-electron chi connectivity index (χ0n) is 32.6. The number of carbonyl (C=O) groups excluding carboxylic acids is 6. The lowest BCUT2D eigenvalue weighted by Crippen LogP contribution is -2.66.